The summed E-state index contributed by atoms with van der Waals surface area (Å²) in [5.74, 6) is 0.768. The van der Waals surface area contributed by atoms with Crippen molar-refractivity contribution < 1.29 is 4.79 Å². The smallest absolute Gasteiger partial charge is 0.221 e. The third kappa shape index (κ3) is 4.66. The Morgan fingerprint density at radius 2 is 2.25 bits per heavy atom. The van der Waals surface area contributed by atoms with Crippen LogP contribution in [0.1, 0.15) is 29.8 Å². The minimum Gasteiger partial charge on any atom is -0.369 e. The Labute approximate surface area is 142 Å². The van der Waals surface area contributed by atoms with Crippen LogP contribution in [0.4, 0.5) is 0 Å². The predicted octanol–water partition coefficient (Wildman–Crippen LogP) is 1.40. The summed E-state index contributed by atoms with van der Waals surface area (Å²) in [5, 5.41) is 3.39. The lowest BCUT2D eigenvalue weighted by atomic mass is 9.97. The molecule has 0 spiro atoms. The Hall–Kier alpha value is -2.18. The molecule has 1 aliphatic rings. The maximum absolute atomic E-state index is 11.4. The number of aromatic nitrogens is 2. The third-order valence-electron chi connectivity index (χ3n) is 4.48. The highest BCUT2D eigenvalue weighted by molar-refractivity contribution is 5.76. The van der Waals surface area contributed by atoms with Gasteiger partial charge in [-0.3, -0.25) is 9.69 Å². The van der Waals surface area contributed by atoms with E-state index >= 15 is 0 Å². The number of hydrogen-bond donors (Lipinski definition) is 3. The summed E-state index contributed by atoms with van der Waals surface area (Å²) < 4.78 is 0. The minimum atomic E-state index is -0.171. The molecule has 2 aromatic rings. The van der Waals surface area contributed by atoms with Crippen molar-refractivity contribution in [2.75, 3.05) is 13.1 Å². The molecular formula is C18H25N5O. The summed E-state index contributed by atoms with van der Waals surface area (Å²) in [7, 11) is 0. The molecule has 1 aromatic heterocycles. The second kappa shape index (κ2) is 8.08. The number of benzene rings is 1. The van der Waals surface area contributed by atoms with Gasteiger partial charge in [0.25, 0.3) is 0 Å². The van der Waals surface area contributed by atoms with E-state index in [4.69, 9.17) is 5.73 Å². The molecule has 0 aliphatic carbocycles. The van der Waals surface area contributed by atoms with Gasteiger partial charge in [-0.1, -0.05) is 24.3 Å². The highest BCUT2D eigenvalue weighted by Crippen LogP contribution is 2.18. The number of piperidine rings is 1. The van der Waals surface area contributed by atoms with Crippen molar-refractivity contribution in [1.82, 2.24) is 20.2 Å². The topological polar surface area (TPSA) is 87.0 Å². The molecule has 1 amide bonds. The molecule has 1 unspecified atom stereocenters. The van der Waals surface area contributed by atoms with Gasteiger partial charge in [-0.25, -0.2) is 4.98 Å². The van der Waals surface area contributed by atoms with E-state index in [9.17, 15) is 4.79 Å². The highest BCUT2D eigenvalue weighted by Gasteiger charge is 2.23. The van der Waals surface area contributed by atoms with Gasteiger partial charge in [0, 0.05) is 32.0 Å². The predicted molar refractivity (Wildman–Crippen MR) is 92.8 cm³/mol. The van der Waals surface area contributed by atoms with Crippen molar-refractivity contribution in [2.45, 2.75) is 32.5 Å². The number of aromatic amines is 1. The summed E-state index contributed by atoms with van der Waals surface area (Å²) in [6, 6.07) is 8.59. The molecule has 0 radical (unpaired) electrons. The van der Waals surface area contributed by atoms with E-state index < -0.39 is 0 Å². The third-order valence-corrected chi connectivity index (χ3v) is 4.48. The molecule has 1 saturated heterocycles. The second-order valence-electron chi connectivity index (χ2n) is 6.44. The summed E-state index contributed by atoms with van der Waals surface area (Å²) in [6.45, 7) is 4.21. The lowest BCUT2D eigenvalue weighted by Gasteiger charge is -2.31. The number of nitrogens with two attached hydrogens (primary N) is 1. The zero-order chi connectivity index (χ0) is 16.8. The van der Waals surface area contributed by atoms with Gasteiger partial charge in [0.1, 0.15) is 5.82 Å². The van der Waals surface area contributed by atoms with Crippen LogP contribution < -0.4 is 11.1 Å². The Morgan fingerprint density at radius 1 is 1.38 bits per heavy atom. The van der Waals surface area contributed by atoms with E-state index in [1.807, 2.05) is 6.20 Å². The molecule has 6 nitrogen and oxygen atoms in total. The van der Waals surface area contributed by atoms with E-state index in [1.165, 1.54) is 11.1 Å². The largest absolute Gasteiger partial charge is 0.369 e. The molecule has 24 heavy (non-hydrogen) atoms. The van der Waals surface area contributed by atoms with Crippen LogP contribution in [0.5, 0.6) is 0 Å². The summed E-state index contributed by atoms with van der Waals surface area (Å²) in [6.07, 6.45) is 5.55. The lowest BCUT2D eigenvalue weighted by molar-refractivity contribution is -0.123. The Balaban J connectivity index is 1.52. The van der Waals surface area contributed by atoms with Crippen LogP contribution in [0, 0.1) is 5.92 Å². The average Bonchev–Trinajstić information content (AvgIpc) is 3.09. The molecule has 1 aromatic carbocycles. The molecule has 1 aliphatic heterocycles. The number of nitrogens with one attached hydrogen (secondary N) is 2. The molecule has 4 N–H and O–H groups in total. The molecule has 2 heterocycles. The van der Waals surface area contributed by atoms with Crippen molar-refractivity contribution in [2.24, 2.45) is 11.7 Å². The number of amides is 1. The molecule has 1 atom stereocenters. The molecule has 1 fully saturated rings. The van der Waals surface area contributed by atoms with Gasteiger partial charge < -0.3 is 16.0 Å². The fourth-order valence-electron chi connectivity index (χ4n) is 3.25. The first-order valence-corrected chi connectivity index (χ1v) is 8.49. The fourth-order valence-corrected chi connectivity index (χ4v) is 3.25. The Bertz CT molecular complexity index is 655. The van der Waals surface area contributed by atoms with Crippen LogP contribution in [-0.4, -0.2) is 33.9 Å². The SMILES string of the molecule is NC(=O)C1CCCN(Cc2cccc(CNCc3ncc[nH]3)c2)C1. The maximum atomic E-state index is 11.4. The maximum Gasteiger partial charge on any atom is 0.221 e. The number of nitrogens with zero attached hydrogens (tertiary/aromatic N) is 2. The van der Waals surface area contributed by atoms with E-state index in [2.05, 4.69) is 44.5 Å². The number of rotatable bonds is 7. The first kappa shape index (κ1) is 16.7. The van der Waals surface area contributed by atoms with Gasteiger partial charge in [-0.05, 0) is 30.5 Å². The van der Waals surface area contributed by atoms with Gasteiger partial charge in [-0.15, -0.1) is 0 Å². The van der Waals surface area contributed by atoms with Gasteiger partial charge in [-0.2, -0.15) is 0 Å². The zero-order valence-electron chi connectivity index (χ0n) is 13.9. The summed E-state index contributed by atoms with van der Waals surface area (Å²) in [4.78, 5) is 21.0. The monoisotopic (exact) mass is 327 g/mol. The van der Waals surface area contributed by atoms with Crippen molar-refractivity contribution in [3.05, 3.63) is 53.6 Å². The number of carbonyl (C=O) groups is 1. The number of imidazole rings is 1. The van der Waals surface area contributed by atoms with E-state index in [0.717, 1.165) is 51.4 Å². The van der Waals surface area contributed by atoms with Gasteiger partial charge in [0.05, 0.1) is 12.5 Å². The Kier molecular flexibility index (Phi) is 5.61. The molecule has 3 rings (SSSR count). The number of H-pyrrole nitrogens is 1. The minimum absolute atomic E-state index is 0.00287. The first-order chi connectivity index (χ1) is 11.7. The molecule has 0 saturated carbocycles. The number of likely N-dealkylation sites (tertiary alicyclic amines) is 1. The van der Waals surface area contributed by atoms with Crippen LogP contribution in [0.15, 0.2) is 36.7 Å². The lowest BCUT2D eigenvalue weighted by Crippen LogP contribution is -2.40. The van der Waals surface area contributed by atoms with E-state index in [1.54, 1.807) is 6.20 Å². The highest BCUT2D eigenvalue weighted by atomic mass is 16.1. The molecule has 0 bridgehead atoms. The molecule has 128 valence electrons. The van der Waals surface area contributed by atoms with E-state index in [-0.39, 0.29) is 11.8 Å². The van der Waals surface area contributed by atoms with Gasteiger partial charge in [0.15, 0.2) is 0 Å². The normalized spacial score (nSPS) is 18.6. The summed E-state index contributed by atoms with van der Waals surface area (Å²) in [5.41, 5.74) is 7.99. The van der Waals surface area contributed by atoms with Crippen LogP contribution in [-0.2, 0) is 24.4 Å². The van der Waals surface area contributed by atoms with Crippen molar-refractivity contribution in [3.8, 4) is 0 Å². The first-order valence-electron chi connectivity index (χ1n) is 8.49. The average molecular weight is 327 g/mol. The van der Waals surface area contributed by atoms with Crippen molar-refractivity contribution in [3.63, 3.8) is 0 Å². The van der Waals surface area contributed by atoms with Crippen LogP contribution >= 0.6 is 0 Å². The summed E-state index contributed by atoms with van der Waals surface area (Å²) >= 11 is 0. The van der Waals surface area contributed by atoms with Crippen molar-refractivity contribution in [1.29, 1.82) is 0 Å². The van der Waals surface area contributed by atoms with Gasteiger partial charge >= 0.3 is 0 Å². The zero-order valence-corrected chi connectivity index (χ0v) is 13.9. The molecule has 6 heteroatoms. The number of carbonyl (C=O) groups excluding carboxylic acids is 1. The Morgan fingerprint density at radius 3 is 3.04 bits per heavy atom. The van der Waals surface area contributed by atoms with E-state index in [0.29, 0.717) is 0 Å². The van der Waals surface area contributed by atoms with Crippen molar-refractivity contribution >= 4 is 5.91 Å². The number of primary amides is 1. The quantitative estimate of drug-likeness (QED) is 0.717. The standard InChI is InChI=1S/C18H25N5O/c19-18(24)16-5-2-8-23(13-16)12-15-4-1-3-14(9-15)10-20-11-17-21-6-7-22-17/h1,3-4,6-7,9,16,20H,2,5,8,10-13H2,(H2,19,24)(H,21,22). The van der Waals surface area contributed by atoms with Crippen LogP contribution in [0.25, 0.3) is 0 Å². The van der Waals surface area contributed by atoms with Gasteiger partial charge in [0.2, 0.25) is 5.91 Å². The van der Waals surface area contributed by atoms with Crippen LogP contribution in [0.3, 0.4) is 0 Å². The fraction of sp³-hybridized carbons (Fsp3) is 0.444. The molecular weight excluding hydrogens is 302 g/mol. The second-order valence-corrected chi connectivity index (χ2v) is 6.44. The van der Waals surface area contributed by atoms with Crippen LogP contribution in [0.2, 0.25) is 0 Å². The number of hydrogen-bond acceptors (Lipinski definition) is 4.